The van der Waals surface area contributed by atoms with E-state index >= 15 is 0 Å². The summed E-state index contributed by atoms with van der Waals surface area (Å²) in [5, 5.41) is 2.80. The van der Waals surface area contributed by atoms with Gasteiger partial charge in [-0.05, 0) is 35.4 Å². The van der Waals surface area contributed by atoms with E-state index < -0.39 is 30.1 Å². The van der Waals surface area contributed by atoms with Gasteiger partial charge in [0, 0.05) is 19.3 Å². The van der Waals surface area contributed by atoms with Gasteiger partial charge in [-0.1, -0.05) is 54.6 Å². The summed E-state index contributed by atoms with van der Waals surface area (Å²) in [5.74, 6) is -1.32. The predicted octanol–water partition coefficient (Wildman–Crippen LogP) is 3.17. The maximum Gasteiger partial charge on any atom is 0.411 e. The van der Waals surface area contributed by atoms with Crippen molar-refractivity contribution in [2.24, 2.45) is 5.92 Å². The fourth-order valence-corrected chi connectivity index (χ4v) is 4.84. The van der Waals surface area contributed by atoms with Gasteiger partial charge in [-0.15, -0.1) is 0 Å². The third kappa shape index (κ3) is 5.88. The van der Waals surface area contributed by atoms with E-state index in [1.165, 1.54) is 12.0 Å². The van der Waals surface area contributed by atoms with Gasteiger partial charge in [-0.3, -0.25) is 14.5 Å². The molecule has 35 heavy (non-hydrogen) atoms. The van der Waals surface area contributed by atoms with Gasteiger partial charge in [-0.25, -0.2) is 9.59 Å². The van der Waals surface area contributed by atoms with Crippen molar-refractivity contribution in [3.63, 3.8) is 0 Å². The normalized spacial score (nSPS) is 20.4. The number of hydrogen-bond acceptors (Lipinski definition) is 6. The van der Waals surface area contributed by atoms with E-state index in [4.69, 9.17) is 9.47 Å². The molecule has 1 aliphatic heterocycles. The number of benzene rings is 2. The first-order valence-electron chi connectivity index (χ1n) is 11.9. The molecule has 8 nitrogen and oxygen atoms in total. The number of esters is 1. The minimum absolute atomic E-state index is 0.0714. The summed E-state index contributed by atoms with van der Waals surface area (Å²) < 4.78 is 10.5. The highest BCUT2D eigenvalue weighted by atomic mass is 16.6. The van der Waals surface area contributed by atoms with Crippen LogP contribution in [0.5, 0.6) is 0 Å². The van der Waals surface area contributed by atoms with Gasteiger partial charge in [0.2, 0.25) is 5.91 Å². The number of Topliss-reactive ketones (excluding diaryl/α,β-unsaturated/α-hetero) is 1. The molecule has 0 radical (unpaired) electrons. The third-order valence-corrected chi connectivity index (χ3v) is 6.74. The first-order chi connectivity index (χ1) is 17.0. The van der Waals surface area contributed by atoms with Crippen LogP contribution in [0.3, 0.4) is 0 Å². The van der Waals surface area contributed by atoms with E-state index in [0.29, 0.717) is 25.7 Å². The Bertz CT molecular complexity index is 1090. The molecule has 0 bridgehead atoms. The second kappa shape index (κ2) is 11.2. The van der Waals surface area contributed by atoms with Gasteiger partial charge in [0.05, 0.1) is 13.7 Å². The van der Waals surface area contributed by atoms with Crippen molar-refractivity contribution in [3.05, 3.63) is 71.3 Å². The lowest BCUT2D eigenvalue weighted by molar-refractivity contribution is -0.148. The molecular weight excluding hydrogens is 448 g/mol. The van der Waals surface area contributed by atoms with Gasteiger partial charge in [0.25, 0.3) is 0 Å². The Labute approximate surface area is 204 Å². The quantitative estimate of drug-likeness (QED) is 0.640. The average molecular weight is 479 g/mol. The number of methoxy groups -OCH3 is 1. The first kappa shape index (κ1) is 24.4. The summed E-state index contributed by atoms with van der Waals surface area (Å²) >= 11 is 0. The molecule has 3 atom stereocenters. The molecule has 1 aliphatic carbocycles. The van der Waals surface area contributed by atoms with E-state index in [9.17, 15) is 19.2 Å². The number of amides is 2. The Hall–Kier alpha value is -3.68. The molecule has 8 heteroatoms. The molecule has 2 aromatic carbocycles. The molecule has 184 valence electrons. The number of carbonyl (C=O) groups excluding carboxylic acids is 4. The van der Waals surface area contributed by atoms with Crippen molar-refractivity contribution in [1.82, 2.24) is 10.2 Å². The first-order valence-corrected chi connectivity index (χ1v) is 11.9. The lowest BCUT2D eigenvalue weighted by Gasteiger charge is -2.36. The molecule has 1 heterocycles. The van der Waals surface area contributed by atoms with E-state index in [1.807, 2.05) is 54.6 Å². The fraction of sp³-hybridized carbons (Fsp3) is 0.407. The third-order valence-electron chi connectivity index (χ3n) is 6.74. The van der Waals surface area contributed by atoms with Crippen LogP contribution in [-0.2, 0) is 43.4 Å². The van der Waals surface area contributed by atoms with Gasteiger partial charge in [-0.2, -0.15) is 0 Å². The molecule has 2 amide bonds. The number of nitrogens with one attached hydrogen (secondary N) is 1. The van der Waals surface area contributed by atoms with Crippen LogP contribution >= 0.6 is 0 Å². The topological polar surface area (TPSA) is 102 Å². The van der Waals surface area contributed by atoms with Crippen LogP contribution in [-0.4, -0.2) is 47.8 Å². The summed E-state index contributed by atoms with van der Waals surface area (Å²) in [4.78, 5) is 52.6. The SMILES string of the molecule is COC(=O)[C@H](NC(=O)[C@@H]1Cc2ccccc2CN1C(=O)OCc1ccccc1)[C@@H]1CCCC(=O)C1. The van der Waals surface area contributed by atoms with Crippen molar-refractivity contribution in [1.29, 1.82) is 0 Å². The summed E-state index contributed by atoms with van der Waals surface area (Å²) in [6.07, 6.45) is 1.70. The number of hydrogen-bond donors (Lipinski definition) is 1. The lowest BCUT2D eigenvalue weighted by Crippen LogP contribution is -2.57. The van der Waals surface area contributed by atoms with Crippen LogP contribution in [0.25, 0.3) is 0 Å². The van der Waals surface area contributed by atoms with Crippen molar-refractivity contribution >= 4 is 23.8 Å². The van der Waals surface area contributed by atoms with Crippen molar-refractivity contribution in [2.45, 2.75) is 57.3 Å². The minimum Gasteiger partial charge on any atom is -0.467 e. The molecule has 0 unspecified atom stereocenters. The van der Waals surface area contributed by atoms with Crippen LogP contribution in [0.2, 0.25) is 0 Å². The van der Waals surface area contributed by atoms with Crippen LogP contribution in [0.15, 0.2) is 54.6 Å². The number of rotatable bonds is 6. The summed E-state index contributed by atoms with van der Waals surface area (Å²) in [5.41, 5.74) is 2.74. The van der Waals surface area contributed by atoms with Crippen LogP contribution in [0.4, 0.5) is 4.79 Å². The predicted molar refractivity (Wildman–Crippen MR) is 127 cm³/mol. The Morgan fingerprint density at radius 1 is 1.03 bits per heavy atom. The Morgan fingerprint density at radius 2 is 1.74 bits per heavy atom. The molecule has 2 aromatic rings. The molecule has 1 fully saturated rings. The van der Waals surface area contributed by atoms with Crippen molar-refractivity contribution in [3.8, 4) is 0 Å². The van der Waals surface area contributed by atoms with E-state index in [-0.39, 0.29) is 31.3 Å². The van der Waals surface area contributed by atoms with Gasteiger partial charge >= 0.3 is 12.1 Å². The molecule has 4 rings (SSSR count). The number of carbonyl (C=O) groups is 4. The molecule has 2 aliphatic rings. The van der Waals surface area contributed by atoms with Gasteiger partial charge < -0.3 is 14.8 Å². The zero-order chi connectivity index (χ0) is 24.8. The molecule has 1 N–H and O–H groups in total. The number of nitrogens with zero attached hydrogens (tertiary/aromatic N) is 1. The minimum atomic E-state index is -0.948. The Balaban J connectivity index is 1.53. The standard InChI is InChI=1S/C27H30N2O6/c1-34-26(32)24(20-12-7-13-22(30)14-20)28-25(31)23-15-19-10-5-6-11-21(19)16-29(23)27(33)35-17-18-8-3-2-4-9-18/h2-6,8-11,20,23-24H,7,12-17H2,1H3,(H,28,31)/t20-,23+,24-/m1/s1. The summed E-state index contributed by atoms with van der Waals surface area (Å²) in [6.45, 7) is 0.299. The molecule has 0 spiro atoms. The average Bonchev–Trinajstić information content (AvgIpc) is 2.89. The smallest absolute Gasteiger partial charge is 0.411 e. The Morgan fingerprint density at radius 3 is 2.46 bits per heavy atom. The highest BCUT2D eigenvalue weighted by Crippen LogP contribution is 2.27. The summed E-state index contributed by atoms with van der Waals surface area (Å²) in [7, 11) is 1.26. The largest absolute Gasteiger partial charge is 0.467 e. The highest BCUT2D eigenvalue weighted by Gasteiger charge is 2.40. The number of fused-ring (bicyclic) bond motifs is 1. The van der Waals surface area contributed by atoms with Crippen molar-refractivity contribution in [2.75, 3.05) is 7.11 Å². The van der Waals surface area contributed by atoms with E-state index in [1.54, 1.807) is 0 Å². The monoisotopic (exact) mass is 478 g/mol. The summed E-state index contributed by atoms with van der Waals surface area (Å²) in [6, 6.07) is 15.1. The Kier molecular flexibility index (Phi) is 7.80. The molecule has 0 saturated heterocycles. The fourth-order valence-electron chi connectivity index (χ4n) is 4.84. The number of ether oxygens (including phenoxy) is 2. The lowest BCUT2D eigenvalue weighted by atomic mass is 9.83. The van der Waals surface area contributed by atoms with Crippen LogP contribution in [0, 0.1) is 5.92 Å². The second-order valence-corrected chi connectivity index (χ2v) is 9.06. The second-order valence-electron chi connectivity index (χ2n) is 9.06. The van der Waals surface area contributed by atoms with E-state index in [0.717, 1.165) is 16.7 Å². The zero-order valence-corrected chi connectivity index (χ0v) is 19.8. The van der Waals surface area contributed by atoms with Crippen molar-refractivity contribution < 1.29 is 28.7 Å². The number of ketones is 1. The molecule has 1 saturated carbocycles. The highest BCUT2D eigenvalue weighted by molar-refractivity contribution is 5.91. The van der Waals surface area contributed by atoms with Gasteiger partial charge in [0.15, 0.2) is 0 Å². The van der Waals surface area contributed by atoms with Crippen LogP contribution in [0.1, 0.15) is 42.4 Å². The maximum absolute atomic E-state index is 13.5. The molecular formula is C27H30N2O6. The zero-order valence-electron chi connectivity index (χ0n) is 19.8. The van der Waals surface area contributed by atoms with Crippen LogP contribution < -0.4 is 5.32 Å². The maximum atomic E-state index is 13.5. The van der Waals surface area contributed by atoms with E-state index in [2.05, 4.69) is 5.32 Å². The van der Waals surface area contributed by atoms with Gasteiger partial charge in [0.1, 0.15) is 24.5 Å². The molecule has 0 aromatic heterocycles.